The molecule has 1 fully saturated rings. The summed E-state index contributed by atoms with van der Waals surface area (Å²) in [5.74, 6) is 1.12. The Kier molecular flexibility index (Phi) is 6.18. The van der Waals surface area contributed by atoms with Crippen LogP contribution in [0.5, 0.6) is 17.2 Å². The van der Waals surface area contributed by atoms with E-state index in [1.807, 2.05) is 25.1 Å². The maximum atomic E-state index is 12.6. The van der Waals surface area contributed by atoms with Gasteiger partial charge in [0.05, 0.1) is 0 Å². The van der Waals surface area contributed by atoms with E-state index in [4.69, 9.17) is 14.2 Å². The first-order valence-electron chi connectivity index (χ1n) is 11.5. The number of carbonyl (C=O) groups excluding carboxylic acids is 3. The number of rotatable bonds is 10. The Bertz CT molecular complexity index is 1280. The number of hydrogen-bond donors (Lipinski definition) is 1. The quantitative estimate of drug-likeness (QED) is 0.267. The van der Waals surface area contributed by atoms with Gasteiger partial charge >= 0.3 is 5.97 Å². The third-order valence-corrected chi connectivity index (χ3v) is 6.21. The van der Waals surface area contributed by atoms with Gasteiger partial charge in [0.2, 0.25) is 6.41 Å². The molecule has 8 nitrogen and oxygen atoms in total. The summed E-state index contributed by atoms with van der Waals surface area (Å²) in [4.78, 5) is 40.0. The van der Waals surface area contributed by atoms with E-state index in [0.29, 0.717) is 41.5 Å². The SMILES string of the molecule is CCCc1c(Oc2ccc3c(c2)C2C(O3)C2C(=O)OCC(=O)c2ccccc2)ccnc1NC=O. The fraction of sp³-hybridized carbons (Fsp3) is 0.259. The molecule has 0 radical (unpaired) electrons. The van der Waals surface area contributed by atoms with Crippen LogP contribution in [0.1, 0.15) is 40.7 Å². The van der Waals surface area contributed by atoms with Crippen molar-refractivity contribution in [3.05, 3.63) is 77.5 Å². The highest BCUT2D eigenvalue weighted by Gasteiger charge is 2.63. The fourth-order valence-electron chi connectivity index (χ4n) is 4.49. The van der Waals surface area contributed by atoms with Crippen molar-refractivity contribution in [2.45, 2.75) is 31.8 Å². The molecule has 1 amide bonds. The van der Waals surface area contributed by atoms with Crippen molar-refractivity contribution in [1.82, 2.24) is 4.98 Å². The van der Waals surface area contributed by atoms with Crippen LogP contribution in [0.25, 0.3) is 0 Å². The molecule has 1 aliphatic carbocycles. The van der Waals surface area contributed by atoms with Crippen molar-refractivity contribution in [3.8, 4) is 17.2 Å². The summed E-state index contributed by atoms with van der Waals surface area (Å²) in [7, 11) is 0. The van der Waals surface area contributed by atoms with E-state index in [1.165, 1.54) is 0 Å². The minimum Gasteiger partial charge on any atom is -0.489 e. The predicted octanol–water partition coefficient (Wildman–Crippen LogP) is 4.30. The van der Waals surface area contributed by atoms with E-state index in [1.54, 1.807) is 42.6 Å². The van der Waals surface area contributed by atoms with Crippen molar-refractivity contribution in [1.29, 1.82) is 0 Å². The van der Waals surface area contributed by atoms with Gasteiger partial charge < -0.3 is 19.5 Å². The van der Waals surface area contributed by atoms with Gasteiger partial charge in [-0.3, -0.25) is 14.4 Å². The van der Waals surface area contributed by atoms with E-state index >= 15 is 0 Å². The highest BCUT2D eigenvalue weighted by atomic mass is 16.5. The van der Waals surface area contributed by atoms with Gasteiger partial charge in [-0.15, -0.1) is 0 Å². The van der Waals surface area contributed by atoms with Crippen molar-refractivity contribution in [2.75, 3.05) is 11.9 Å². The number of carbonyl (C=O) groups is 3. The summed E-state index contributed by atoms with van der Waals surface area (Å²) in [6.45, 7) is 1.74. The molecular formula is C27H24N2O6. The number of Topliss-reactive ketones (excluding diaryl/α,β-unsaturated/α-hetero) is 1. The minimum absolute atomic E-state index is 0.132. The molecule has 2 aliphatic rings. The van der Waals surface area contributed by atoms with Crippen LogP contribution in [0.2, 0.25) is 0 Å². The zero-order chi connectivity index (χ0) is 24.4. The second-order valence-electron chi connectivity index (χ2n) is 8.48. The monoisotopic (exact) mass is 472 g/mol. The van der Waals surface area contributed by atoms with Crippen LogP contribution < -0.4 is 14.8 Å². The molecule has 1 aromatic heterocycles. The zero-order valence-corrected chi connectivity index (χ0v) is 19.1. The number of nitrogens with one attached hydrogen (secondary N) is 1. The van der Waals surface area contributed by atoms with Crippen LogP contribution in [-0.4, -0.2) is 35.9 Å². The lowest BCUT2D eigenvalue weighted by Gasteiger charge is -2.15. The topological polar surface area (TPSA) is 104 Å². The van der Waals surface area contributed by atoms with Gasteiger partial charge in [0.1, 0.15) is 35.1 Å². The summed E-state index contributed by atoms with van der Waals surface area (Å²) in [6.07, 6.45) is 3.43. The molecular weight excluding hydrogens is 448 g/mol. The van der Waals surface area contributed by atoms with Gasteiger partial charge in [-0.1, -0.05) is 43.7 Å². The van der Waals surface area contributed by atoms with Crippen LogP contribution >= 0.6 is 0 Å². The summed E-state index contributed by atoms with van der Waals surface area (Å²) in [6, 6.07) is 16.0. The van der Waals surface area contributed by atoms with Crippen LogP contribution in [-0.2, 0) is 20.7 Å². The Morgan fingerprint density at radius 1 is 1.14 bits per heavy atom. The number of ketones is 1. The molecule has 3 unspecified atom stereocenters. The molecule has 8 heteroatoms. The van der Waals surface area contributed by atoms with Gasteiger partial charge in [0.25, 0.3) is 0 Å². The molecule has 0 bridgehead atoms. The third-order valence-electron chi connectivity index (χ3n) is 6.21. The van der Waals surface area contributed by atoms with Crippen molar-refractivity contribution in [2.24, 2.45) is 5.92 Å². The summed E-state index contributed by atoms with van der Waals surface area (Å²) >= 11 is 0. The van der Waals surface area contributed by atoms with Crippen LogP contribution in [0.4, 0.5) is 5.82 Å². The average molecular weight is 472 g/mol. The lowest BCUT2D eigenvalue weighted by Crippen LogP contribution is -2.18. The minimum atomic E-state index is -0.443. The van der Waals surface area contributed by atoms with Gasteiger partial charge in [0, 0.05) is 28.8 Å². The molecule has 178 valence electrons. The number of hydrogen-bond acceptors (Lipinski definition) is 7. The maximum absolute atomic E-state index is 12.6. The molecule has 0 saturated heterocycles. The standard InChI is InChI=1S/C27H24N2O6/c1-2-6-18-22(11-12-28-26(18)29-15-30)34-17-9-10-21-19(13-17)23-24(25(23)35-21)27(32)33-14-20(31)16-7-4-3-5-8-16/h3-5,7-13,15,23-25H,2,6,14H2,1H3,(H,28,29,30). The van der Waals surface area contributed by atoms with Gasteiger partial charge in [-0.05, 0) is 30.7 Å². The third kappa shape index (κ3) is 4.47. The normalized spacial score (nSPS) is 19.1. The molecule has 3 aromatic rings. The predicted molar refractivity (Wildman–Crippen MR) is 127 cm³/mol. The molecule has 5 rings (SSSR count). The lowest BCUT2D eigenvalue weighted by molar-refractivity contribution is -0.144. The van der Waals surface area contributed by atoms with Gasteiger partial charge in [-0.25, -0.2) is 4.98 Å². The number of pyridine rings is 1. The Morgan fingerprint density at radius 2 is 1.97 bits per heavy atom. The molecule has 2 heterocycles. The Balaban J connectivity index is 1.27. The summed E-state index contributed by atoms with van der Waals surface area (Å²) in [5.41, 5.74) is 2.19. The first kappa shape index (κ1) is 22.6. The smallest absolute Gasteiger partial charge is 0.313 e. The molecule has 35 heavy (non-hydrogen) atoms. The maximum Gasteiger partial charge on any atom is 0.313 e. The number of aromatic nitrogens is 1. The molecule has 1 N–H and O–H groups in total. The van der Waals surface area contributed by atoms with Gasteiger partial charge in [-0.2, -0.15) is 0 Å². The first-order chi connectivity index (χ1) is 17.1. The molecule has 0 spiro atoms. The second kappa shape index (κ2) is 9.58. The van der Waals surface area contributed by atoms with Crippen molar-refractivity contribution in [3.63, 3.8) is 0 Å². The largest absolute Gasteiger partial charge is 0.489 e. The van der Waals surface area contributed by atoms with Crippen LogP contribution in [0, 0.1) is 5.92 Å². The number of ether oxygens (including phenoxy) is 3. The molecule has 1 saturated carbocycles. The zero-order valence-electron chi connectivity index (χ0n) is 19.1. The van der Waals surface area contributed by atoms with E-state index in [9.17, 15) is 14.4 Å². The van der Waals surface area contributed by atoms with E-state index in [0.717, 1.165) is 17.5 Å². The molecule has 1 aliphatic heterocycles. The average Bonchev–Trinajstić information content (AvgIpc) is 3.47. The number of nitrogens with zero attached hydrogens (tertiary/aromatic N) is 1. The molecule has 3 atom stereocenters. The highest BCUT2D eigenvalue weighted by Crippen LogP contribution is 2.59. The highest BCUT2D eigenvalue weighted by molar-refractivity contribution is 5.98. The van der Waals surface area contributed by atoms with Crippen molar-refractivity contribution >= 4 is 24.0 Å². The fourth-order valence-corrected chi connectivity index (χ4v) is 4.49. The van der Waals surface area contributed by atoms with Crippen molar-refractivity contribution < 1.29 is 28.6 Å². The number of amides is 1. The second-order valence-corrected chi connectivity index (χ2v) is 8.48. The Labute approximate surface area is 202 Å². The number of benzene rings is 2. The Morgan fingerprint density at radius 3 is 2.74 bits per heavy atom. The van der Waals surface area contributed by atoms with Crippen LogP contribution in [0.15, 0.2) is 60.8 Å². The summed E-state index contributed by atoms with van der Waals surface area (Å²) in [5, 5.41) is 2.62. The van der Waals surface area contributed by atoms with Gasteiger partial charge in [0.15, 0.2) is 12.4 Å². The molecule has 2 aromatic carbocycles. The number of esters is 1. The number of fused-ring (bicyclic) bond motifs is 3. The van der Waals surface area contributed by atoms with Crippen LogP contribution in [0.3, 0.4) is 0 Å². The Hall–Kier alpha value is -4.20. The number of anilines is 1. The lowest BCUT2D eigenvalue weighted by atomic mass is 10.1. The first-order valence-corrected chi connectivity index (χ1v) is 11.5. The van der Waals surface area contributed by atoms with E-state index in [2.05, 4.69) is 10.3 Å². The van der Waals surface area contributed by atoms with E-state index < -0.39 is 11.9 Å². The summed E-state index contributed by atoms with van der Waals surface area (Å²) < 4.78 is 17.4. The van der Waals surface area contributed by atoms with E-state index in [-0.39, 0.29) is 24.4 Å².